The number of nitrogens with zero attached hydrogens (tertiary/aromatic N) is 1. The number of rotatable bonds is 25. The molecule has 0 aromatic heterocycles. The molecule has 7 N–H and O–H groups in total. The van der Waals surface area contributed by atoms with Crippen molar-refractivity contribution >= 4 is 66.6 Å². The molecule has 89 heavy (non-hydrogen) atoms. The van der Waals surface area contributed by atoms with Crippen molar-refractivity contribution in [2.45, 2.75) is 183 Å². The minimum Gasteiger partial charge on any atom is -0.493 e. The van der Waals surface area contributed by atoms with Crippen LogP contribution in [0.25, 0.3) is 0 Å². The number of aliphatic hydroxyl groups excluding tert-OH is 3. The molecule has 3 aliphatic heterocycles. The zero-order valence-corrected chi connectivity index (χ0v) is 54.2. The maximum absolute atomic E-state index is 15.6. The summed E-state index contributed by atoms with van der Waals surface area (Å²) in [5.74, 6) is 8.38. The minimum absolute atomic E-state index is 0.0174. The lowest BCUT2D eigenvalue weighted by Crippen LogP contribution is -2.65. The fourth-order valence-corrected chi connectivity index (χ4v) is 14.0. The average Bonchev–Trinajstić information content (AvgIpc) is 0.971. The molecule has 1 saturated carbocycles. The quantitative estimate of drug-likeness (QED) is 0.0139. The van der Waals surface area contributed by atoms with Gasteiger partial charge in [-0.3, -0.25) is 14.4 Å². The van der Waals surface area contributed by atoms with Gasteiger partial charge in [-0.2, -0.15) is 10.5 Å². The molecule has 3 aliphatic carbocycles. The summed E-state index contributed by atoms with van der Waals surface area (Å²) < 4.78 is 77.5. The third kappa shape index (κ3) is 17.5. The molecule has 492 valence electrons. The summed E-state index contributed by atoms with van der Waals surface area (Å²) >= 11 is 0. The molecule has 2 amide bonds. The molecule has 0 spiro atoms. The number of methoxy groups -OCH3 is 6. The molecule has 3 saturated heterocycles. The number of fused-ring (bicyclic) bond motifs is 1. The molecular weight excluding hydrogens is 1220 g/mol. The Kier molecular flexibility index (Phi) is 26.7. The number of benzene rings is 1. The Morgan fingerprint density at radius 3 is 2.26 bits per heavy atom. The number of hydrogen-bond acceptors (Lipinski definition) is 27. The number of anilines is 1. The first-order valence-corrected chi connectivity index (χ1v) is 33.0. The average molecular weight is 1310 g/mol. The number of aliphatic imine (C=N–C) groups is 1. The van der Waals surface area contributed by atoms with Crippen LogP contribution in [0.3, 0.4) is 0 Å². The highest BCUT2D eigenvalue weighted by Gasteiger charge is 2.57. The molecule has 1 aromatic carbocycles. The number of amides is 2. The number of carbonyl (C=O) groups is 4. The maximum Gasteiger partial charge on any atom is 0.433 e. The molecular formula is C60H82N4O22S3. The first-order chi connectivity index (χ1) is 42.5. The molecule has 6 aliphatic rings. The Balaban J connectivity index is 1.27. The number of nitrogens with one attached hydrogen (secondary N) is 3. The zero-order chi connectivity index (χ0) is 64.9. The van der Waals surface area contributed by atoms with Crippen LogP contribution in [0.2, 0.25) is 0 Å². The van der Waals surface area contributed by atoms with Crippen molar-refractivity contribution in [2.75, 3.05) is 66.6 Å². The fraction of sp³-hybridized carbons (Fsp3) is 0.650. The van der Waals surface area contributed by atoms with Crippen molar-refractivity contribution in [3.8, 4) is 35.2 Å². The van der Waals surface area contributed by atoms with Crippen LogP contribution in [0.4, 0.5) is 10.5 Å². The van der Waals surface area contributed by atoms with Gasteiger partial charge in [0.1, 0.15) is 36.2 Å². The molecule has 4 fully saturated rings. The van der Waals surface area contributed by atoms with Crippen LogP contribution in [0.15, 0.2) is 52.8 Å². The molecule has 26 nitrogen and oxygen atoms in total. The third-order valence-corrected chi connectivity index (χ3v) is 19.7. The Labute approximate surface area is 529 Å². The summed E-state index contributed by atoms with van der Waals surface area (Å²) in [4.78, 5) is 66.7. The van der Waals surface area contributed by atoms with Crippen molar-refractivity contribution in [1.82, 2.24) is 10.8 Å². The fourth-order valence-electron chi connectivity index (χ4n) is 11.4. The van der Waals surface area contributed by atoms with Gasteiger partial charge in [0.2, 0.25) is 5.78 Å². The van der Waals surface area contributed by atoms with E-state index in [0.717, 1.165) is 7.11 Å². The highest BCUT2D eigenvalue weighted by atomic mass is 33.5. The summed E-state index contributed by atoms with van der Waals surface area (Å²) in [6, 6.07) is 1.43. The summed E-state index contributed by atoms with van der Waals surface area (Å²) in [5.41, 5.74) is -0.669. The first kappa shape index (κ1) is 71.6. The largest absolute Gasteiger partial charge is 0.493 e. The number of carbonyl (C=O) groups excluding carboxylic acids is 4. The number of hydrogen-bond donors (Lipinski definition) is 7. The van der Waals surface area contributed by atoms with E-state index >= 15 is 4.79 Å². The third-order valence-electron chi connectivity index (χ3n) is 15.8. The number of allylic oxidation sites excluding steroid dienone is 2. The monoisotopic (exact) mass is 1310 g/mol. The summed E-state index contributed by atoms with van der Waals surface area (Å²) in [6.45, 7) is 12.8. The lowest BCUT2D eigenvalue weighted by Gasteiger charge is -2.47. The van der Waals surface area contributed by atoms with Crippen molar-refractivity contribution in [3.63, 3.8) is 0 Å². The second kappa shape index (κ2) is 33.1. The van der Waals surface area contributed by atoms with Crippen LogP contribution in [0, 0.1) is 29.6 Å². The highest BCUT2D eigenvalue weighted by molar-refractivity contribution is 9.09. The van der Waals surface area contributed by atoms with E-state index < -0.39 is 139 Å². The molecule has 1 aromatic rings. The lowest BCUT2D eigenvalue weighted by molar-refractivity contribution is -0.338. The van der Waals surface area contributed by atoms with Gasteiger partial charge < -0.3 is 92.6 Å². The Hall–Kier alpha value is -4.84. The molecule has 0 radical (unpaired) electrons. The molecule has 7 rings (SSSR count). The van der Waals surface area contributed by atoms with Crippen molar-refractivity contribution in [3.05, 3.63) is 53.3 Å². The minimum atomic E-state index is -2.55. The topological polar surface area (TPSA) is 327 Å². The van der Waals surface area contributed by atoms with Crippen molar-refractivity contribution in [2.24, 2.45) is 10.9 Å². The van der Waals surface area contributed by atoms with Crippen molar-refractivity contribution < 1.29 is 106 Å². The van der Waals surface area contributed by atoms with Gasteiger partial charge in [-0.25, -0.2) is 9.59 Å². The molecule has 1 unspecified atom stereocenters. The number of esters is 1. The molecule has 29 heteroatoms. The van der Waals surface area contributed by atoms with Crippen LogP contribution >= 0.6 is 31.4 Å². The second-order valence-electron chi connectivity index (χ2n) is 22.1. The van der Waals surface area contributed by atoms with E-state index in [-0.39, 0.29) is 96.2 Å². The van der Waals surface area contributed by atoms with Crippen LogP contribution in [-0.4, -0.2) is 227 Å². The maximum atomic E-state index is 15.6. The van der Waals surface area contributed by atoms with E-state index in [1.807, 2.05) is 20.1 Å². The van der Waals surface area contributed by atoms with Gasteiger partial charge in [0.25, 0.3) is 5.91 Å². The smallest absolute Gasteiger partial charge is 0.433 e. The van der Waals surface area contributed by atoms with Crippen LogP contribution in [0.1, 0.15) is 77.1 Å². The summed E-state index contributed by atoms with van der Waals surface area (Å²) in [5, 5.41) is 54.6. The lowest BCUT2D eigenvalue weighted by atomic mass is 9.72. The Bertz CT molecular complexity index is 2880. The van der Waals surface area contributed by atoms with Gasteiger partial charge in [-0.15, -0.1) is 0 Å². The van der Waals surface area contributed by atoms with Crippen molar-refractivity contribution in [1.29, 1.82) is 0 Å². The molecule has 3 heterocycles. The van der Waals surface area contributed by atoms with Crippen LogP contribution < -0.4 is 25.6 Å². The molecule has 2 bridgehead atoms. The van der Waals surface area contributed by atoms with E-state index in [1.165, 1.54) is 84.1 Å². The molecule has 19 atom stereocenters. The zero-order valence-electron chi connectivity index (χ0n) is 51.7. The second-order valence-corrected chi connectivity index (χ2v) is 26.5. The number of ether oxygens (including phenoxy) is 13. The number of aliphatic hydroxyl groups is 4. The van der Waals surface area contributed by atoms with E-state index in [9.17, 15) is 34.8 Å². The highest BCUT2D eigenvalue weighted by Crippen LogP contribution is 2.44. The standard InChI is InChI=1S/C60H82N4O22S3/c1-29(2)61-38-28-79-45(27-41(38)74-8)85-54-51(67)48(64-86-46-26-39(65)53(77-11)32(5)80-46)31(4)81-58(54)84-40-18-16-14-15-17-20-60(72)36(19-21-88-89-87-13)47(40)49(63-59(71)78-12)52(68)55(60)82-34-22-30(3)50(66)44(23-34)83-57(70)35-24-42(75-9)43(76-10)25-37(35)62-56(69)33(6)73-7/h14-15,24-25,29-32,34,38-41,44-46,48,50-51,53-55,58,61,64-67,72H,6,19,21-23,26-28H2,1-5,7-13H3,(H,62,69)/b15-14+,63-49?/t30-,31-,32-,34-,38+,39+,40+,41+,44+,45+,46?,48-,50+,51+,53-,54-,55-,58+,60-/m1/s1. The number of ketones is 1. The number of Topliss-reactive ketones (excluding diaryl/α,β-unsaturated/α-hetero) is 1. The van der Waals surface area contributed by atoms with Crippen LogP contribution in [0.5, 0.6) is 11.5 Å². The van der Waals surface area contributed by atoms with E-state index in [2.05, 4.69) is 51.4 Å². The normalized spacial score (nSPS) is 34.5. The summed E-state index contributed by atoms with van der Waals surface area (Å²) in [6.07, 6.45) is -14.0. The van der Waals surface area contributed by atoms with Gasteiger partial charge >= 0.3 is 12.1 Å². The Morgan fingerprint density at radius 2 is 1.60 bits per heavy atom. The van der Waals surface area contributed by atoms with Gasteiger partial charge in [-0.05, 0) is 66.4 Å². The predicted molar refractivity (Wildman–Crippen MR) is 327 cm³/mol. The van der Waals surface area contributed by atoms with Crippen LogP contribution in [-0.2, 0) is 66.5 Å². The SMILES string of the molecule is C=C(OC)C(=O)Nc1cc(OC)c(OC)cc1C(=O)O[C@H]1C[C@H](O[C@@H]2C(=O)C(=NC(=O)OC)C3=C(CCSSSC)[C@]2(O)C#C/C=C/C#C[C@@H]3O[C@@H]2O[C@H](C)[C@@H](NOC3C[C@H](O)[C@H](OC)[C@@H](C)O3)[C@H](O)[C@H]2O[C@H]2C[C@H](OC)[C@@H](NC(C)C)CO2)C[C@@H](C)[C@@H]1O. The van der Waals surface area contributed by atoms with Gasteiger partial charge in [-0.1, -0.05) is 72.6 Å². The van der Waals surface area contributed by atoms with Gasteiger partial charge in [0.15, 0.2) is 47.8 Å². The first-order valence-electron chi connectivity index (χ1n) is 28.9. The van der Waals surface area contributed by atoms with Gasteiger partial charge in [0, 0.05) is 63.0 Å². The number of hydroxylamine groups is 1. The predicted octanol–water partition coefficient (Wildman–Crippen LogP) is 3.72. The van der Waals surface area contributed by atoms with Gasteiger partial charge in [0.05, 0.1) is 95.0 Å². The summed E-state index contributed by atoms with van der Waals surface area (Å²) in [7, 11) is 12.4. The van der Waals surface area contributed by atoms with E-state index in [1.54, 1.807) is 27.9 Å². The van der Waals surface area contributed by atoms with E-state index in [0.29, 0.717) is 0 Å². The van der Waals surface area contributed by atoms with E-state index in [4.69, 9.17) is 66.4 Å². The Morgan fingerprint density at radius 1 is 0.865 bits per heavy atom.